The number of amides is 4. The summed E-state index contributed by atoms with van der Waals surface area (Å²) in [5, 5.41) is 0. The van der Waals surface area contributed by atoms with Gasteiger partial charge < -0.3 is 0 Å². The highest BCUT2D eigenvalue weighted by Crippen LogP contribution is 2.09. The van der Waals surface area contributed by atoms with E-state index in [4.69, 9.17) is 0 Å². The van der Waals surface area contributed by atoms with Gasteiger partial charge in [0, 0.05) is 19.3 Å². The molecule has 1 fully saturated rings. The summed E-state index contributed by atoms with van der Waals surface area (Å²) >= 11 is 1.52. The highest BCUT2D eigenvalue weighted by molar-refractivity contribution is 7.98. The summed E-state index contributed by atoms with van der Waals surface area (Å²) < 4.78 is 0. The molecular weight excluding hydrogens is 192 g/mol. The zero-order valence-corrected chi connectivity index (χ0v) is 8.26. The van der Waals surface area contributed by atoms with Crippen LogP contribution in [0.1, 0.15) is 0 Å². The maximum atomic E-state index is 11.2. The minimum Gasteiger partial charge on any atom is -0.263 e. The Kier molecular flexibility index (Phi) is 2.92. The Balaban J connectivity index is 2.70. The number of likely N-dealkylation sites (N-methyl/N-ethyl adjacent to an activating group) is 1. The van der Waals surface area contributed by atoms with E-state index in [1.165, 1.54) is 18.8 Å². The minimum atomic E-state index is -0.744. The zero-order chi connectivity index (χ0) is 10.0. The third-order valence-electron chi connectivity index (χ3n) is 1.77. The van der Waals surface area contributed by atoms with Crippen LogP contribution in [0.4, 0.5) is 4.79 Å². The van der Waals surface area contributed by atoms with Gasteiger partial charge in [0.15, 0.2) is 0 Å². The van der Waals surface area contributed by atoms with Gasteiger partial charge in [-0.15, -0.1) is 0 Å². The Morgan fingerprint density at radius 1 is 1.23 bits per heavy atom. The lowest BCUT2D eigenvalue weighted by molar-refractivity contribution is -0.142. The lowest BCUT2D eigenvalue weighted by Gasteiger charge is -2.10. The normalized spacial score (nSPS) is 17.5. The fourth-order valence-electron chi connectivity index (χ4n) is 0.993. The van der Waals surface area contributed by atoms with E-state index in [0.717, 1.165) is 9.80 Å². The molecule has 0 atom stereocenters. The van der Waals surface area contributed by atoms with Gasteiger partial charge in [-0.3, -0.25) is 19.4 Å². The molecule has 0 bridgehead atoms. The van der Waals surface area contributed by atoms with Crippen molar-refractivity contribution in [3.8, 4) is 0 Å². The molecule has 72 valence electrons. The van der Waals surface area contributed by atoms with Crippen LogP contribution < -0.4 is 0 Å². The lowest BCUT2D eigenvalue weighted by atomic mass is 10.5. The van der Waals surface area contributed by atoms with Gasteiger partial charge >= 0.3 is 17.8 Å². The van der Waals surface area contributed by atoms with Crippen molar-refractivity contribution in [3.63, 3.8) is 0 Å². The second kappa shape index (κ2) is 3.78. The van der Waals surface area contributed by atoms with Gasteiger partial charge in [0.05, 0.1) is 0 Å². The van der Waals surface area contributed by atoms with Crippen LogP contribution in [-0.2, 0) is 9.59 Å². The highest BCUT2D eigenvalue weighted by Gasteiger charge is 2.41. The van der Waals surface area contributed by atoms with Crippen molar-refractivity contribution in [3.05, 3.63) is 0 Å². The Hall–Kier alpha value is -1.04. The average Bonchev–Trinajstić information content (AvgIpc) is 2.30. The molecule has 1 aliphatic rings. The van der Waals surface area contributed by atoms with Crippen molar-refractivity contribution >= 4 is 29.6 Å². The minimum absolute atomic E-state index is 0.301. The predicted octanol–water partition coefficient (Wildman–Crippen LogP) is -0.230. The Morgan fingerprint density at radius 3 is 2.23 bits per heavy atom. The van der Waals surface area contributed by atoms with Gasteiger partial charge in [0.25, 0.3) is 0 Å². The van der Waals surface area contributed by atoms with Crippen molar-refractivity contribution in [1.29, 1.82) is 0 Å². The Morgan fingerprint density at radius 2 is 1.85 bits per heavy atom. The fourth-order valence-corrected chi connectivity index (χ4v) is 1.36. The molecule has 1 aliphatic heterocycles. The van der Waals surface area contributed by atoms with Gasteiger partial charge in [-0.25, -0.2) is 4.79 Å². The highest BCUT2D eigenvalue weighted by atomic mass is 32.2. The molecule has 0 aromatic carbocycles. The largest absolute Gasteiger partial charge is 0.333 e. The van der Waals surface area contributed by atoms with Gasteiger partial charge in [-0.05, 0) is 6.26 Å². The number of urea groups is 1. The van der Waals surface area contributed by atoms with Crippen LogP contribution in [0.25, 0.3) is 0 Å². The predicted molar refractivity (Wildman–Crippen MR) is 48.3 cm³/mol. The first-order valence-electron chi connectivity index (χ1n) is 3.72. The Labute approximate surface area is 80.1 Å². The van der Waals surface area contributed by atoms with E-state index in [1.807, 2.05) is 6.26 Å². The molecule has 13 heavy (non-hydrogen) atoms. The van der Waals surface area contributed by atoms with Crippen LogP contribution in [0.5, 0.6) is 0 Å². The molecule has 0 unspecified atom stereocenters. The first kappa shape index (κ1) is 10.0. The molecule has 1 rings (SSSR count). The molecule has 1 heterocycles. The second-order valence-corrected chi connectivity index (χ2v) is 3.58. The van der Waals surface area contributed by atoms with Crippen LogP contribution in [0, 0.1) is 0 Å². The van der Waals surface area contributed by atoms with Gasteiger partial charge in [0.2, 0.25) is 0 Å². The molecule has 0 saturated carbocycles. The number of imide groups is 2. The Bertz CT molecular complexity index is 266. The zero-order valence-electron chi connectivity index (χ0n) is 7.44. The second-order valence-electron chi connectivity index (χ2n) is 2.60. The molecule has 0 aromatic rings. The summed E-state index contributed by atoms with van der Waals surface area (Å²) in [4.78, 5) is 35.2. The van der Waals surface area contributed by atoms with Crippen LogP contribution in [0.2, 0.25) is 0 Å². The average molecular weight is 202 g/mol. The fraction of sp³-hybridized carbons (Fsp3) is 0.571. The maximum Gasteiger partial charge on any atom is 0.333 e. The van der Waals surface area contributed by atoms with Crippen molar-refractivity contribution in [2.75, 3.05) is 25.6 Å². The number of hydrogen-bond acceptors (Lipinski definition) is 4. The standard InChI is InChI=1S/C7H10N2O3S/c1-8-5(10)6(11)9(7(8)12)3-4-13-2/h3-4H2,1-2H3. The first-order valence-corrected chi connectivity index (χ1v) is 5.11. The number of carbonyl (C=O) groups excluding carboxylic acids is 3. The third kappa shape index (κ3) is 1.67. The number of rotatable bonds is 3. The monoisotopic (exact) mass is 202 g/mol. The van der Waals surface area contributed by atoms with Crippen LogP contribution in [0.3, 0.4) is 0 Å². The molecule has 5 nitrogen and oxygen atoms in total. The summed E-state index contributed by atoms with van der Waals surface area (Å²) in [5.41, 5.74) is 0. The topological polar surface area (TPSA) is 57.7 Å². The van der Waals surface area contributed by atoms with Crippen molar-refractivity contribution in [2.24, 2.45) is 0 Å². The quantitative estimate of drug-likeness (QED) is 0.468. The van der Waals surface area contributed by atoms with E-state index in [2.05, 4.69) is 0 Å². The molecule has 0 aliphatic carbocycles. The molecular formula is C7H10N2O3S. The summed E-state index contributed by atoms with van der Waals surface area (Å²) in [7, 11) is 1.31. The number of hydrogen-bond donors (Lipinski definition) is 0. The third-order valence-corrected chi connectivity index (χ3v) is 2.36. The molecule has 0 spiro atoms. The molecule has 0 N–H and O–H groups in total. The van der Waals surface area contributed by atoms with Crippen molar-refractivity contribution < 1.29 is 14.4 Å². The maximum absolute atomic E-state index is 11.2. The molecule has 4 amide bonds. The van der Waals surface area contributed by atoms with E-state index in [-0.39, 0.29) is 0 Å². The van der Waals surface area contributed by atoms with Crippen LogP contribution in [0.15, 0.2) is 0 Å². The van der Waals surface area contributed by atoms with Gasteiger partial charge in [-0.2, -0.15) is 11.8 Å². The lowest BCUT2D eigenvalue weighted by Crippen LogP contribution is -2.33. The summed E-state index contributed by atoms with van der Waals surface area (Å²) in [6.07, 6.45) is 1.87. The van der Waals surface area contributed by atoms with E-state index in [9.17, 15) is 14.4 Å². The molecule has 1 saturated heterocycles. The molecule has 0 aromatic heterocycles. The van der Waals surface area contributed by atoms with E-state index >= 15 is 0 Å². The first-order chi connectivity index (χ1) is 6.09. The van der Waals surface area contributed by atoms with Crippen molar-refractivity contribution in [1.82, 2.24) is 9.80 Å². The summed E-state index contributed by atoms with van der Waals surface area (Å²) in [5.74, 6) is -0.814. The summed E-state index contributed by atoms with van der Waals surface area (Å²) in [6.45, 7) is 0.301. The SMILES string of the molecule is CSCCN1C(=O)C(=O)N(C)C1=O. The van der Waals surface area contributed by atoms with Crippen LogP contribution >= 0.6 is 11.8 Å². The van der Waals surface area contributed by atoms with Crippen molar-refractivity contribution in [2.45, 2.75) is 0 Å². The van der Waals surface area contributed by atoms with Gasteiger partial charge in [0.1, 0.15) is 0 Å². The number of nitrogens with zero attached hydrogens (tertiary/aromatic N) is 2. The van der Waals surface area contributed by atoms with E-state index < -0.39 is 17.8 Å². The summed E-state index contributed by atoms with van der Waals surface area (Å²) in [6, 6.07) is -0.524. The van der Waals surface area contributed by atoms with Crippen LogP contribution in [-0.4, -0.2) is 53.2 Å². The van der Waals surface area contributed by atoms with Gasteiger partial charge in [-0.1, -0.05) is 0 Å². The van der Waals surface area contributed by atoms with E-state index in [1.54, 1.807) is 0 Å². The molecule has 6 heteroatoms. The number of thioether (sulfide) groups is 1. The smallest absolute Gasteiger partial charge is 0.263 e. The number of carbonyl (C=O) groups is 3. The van der Waals surface area contributed by atoms with E-state index in [0.29, 0.717) is 12.3 Å². The molecule has 0 radical (unpaired) electrons.